The molecule has 2 N–H and O–H groups in total. The molecule has 0 unspecified atom stereocenters. The number of rotatable bonds is 10. The summed E-state index contributed by atoms with van der Waals surface area (Å²) in [6, 6.07) is 20.7. The van der Waals surface area contributed by atoms with E-state index in [1.165, 1.54) is 0 Å². The lowest BCUT2D eigenvalue weighted by atomic mass is 9.96. The Kier molecular flexibility index (Phi) is 7.35. The first-order valence-corrected chi connectivity index (χ1v) is 13.2. The predicted octanol–water partition coefficient (Wildman–Crippen LogP) is 6.68. The van der Waals surface area contributed by atoms with E-state index in [9.17, 15) is 4.79 Å². The summed E-state index contributed by atoms with van der Waals surface area (Å²) in [7, 11) is 0. The highest BCUT2D eigenvalue weighted by Crippen LogP contribution is 2.37. The van der Waals surface area contributed by atoms with E-state index in [1.807, 2.05) is 48.7 Å². The van der Waals surface area contributed by atoms with Crippen LogP contribution in [0.2, 0.25) is 0 Å². The molecule has 1 amide bonds. The maximum Gasteiger partial charge on any atom is 0.251 e. The normalized spacial score (nSPS) is 13.1. The highest BCUT2D eigenvalue weighted by atomic mass is 16.5. The topological polar surface area (TPSA) is 76.1 Å². The molecule has 1 aliphatic rings. The second-order valence-corrected chi connectivity index (χ2v) is 9.81. The molecule has 0 spiro atoms. The minimum Gasteiger partial charge on any atom is -0.488 e. The molecule has 6 heteroatoms. The number of hydrogen-bond acceptors (Lipinski definition) is 5. The first-order valence-electron chi connectivity index (χ1n) is 13.2. The van der Waals surface area contributed by atoms with Crippen LogP contribution in [0.25, 0.3) is 22.0 Å². The van der Waals surface area contributed by atoms with Gasteiger partial charge in [0, 0.05) is 40.9 Å². The number of aryl methyl sites for hydroxylation is 1. The molecule has 1 heterocycles. The van der Waals surface area contributed by atoms with Gasteiger partial charge in [0.2, 0.25) is 5.95 Å². The molecular formula is C31H34N4O2. The van der Waals surface area contributed by atoms with Crippen molar-refractivity contribution >= 4 is 22.8 Å². The Balaban J connectivity index is 1.55. The van der Waals surface area contributed by atoms with E-state index in [4.69, 9.17) is 9.72 Å². The zero-order valence-electron chi connectivity index (χ0n) is 21.8. The van der Waals surface area contributed by atoms with Crippen molar-refractivity contribution in [3.05, 3.63) is 83.6 Å². The van der Waals surface area contributed by atoms with Crippen molar-refractivity contribution in [2.24, 2.45) is 0 Å². The van der Waals surface area contributed by atoms with Gasteiger partial charge in [-0.3, -0.25) is 4.79 Å². The number of aromatic nitrogens is 2. The summed E-state index contributed by atoms with van der Waals surface area (Å²) in [4.78, 5) is 22.2. The summed E-state index contributed by atoms with van der Waals surface area (Å²) >= 11 is 0. The van der Waals surface area contributed by atoms with Crippen LogP contribution in [0.1, 0.15) is 61.0 Å². The van der Waals surface area contributed by atoms with Gasteiger partial charge >= 0.3 is 0 Å². The molecule has 4 aromatic rings. The zero-order valence-corrected chi connectivity index (χ0v) is 21.8. The average Bonchev–Trinajstić information content (AvgIpc) is 3.75. The van der Waals surface area contributed by atoms with Gasteiger partial charge in [0.25, 0.3) is 5.91 Å². The summed E-state index contributed by atoms with van der Waals surface area (Å²) in [5.41, 5.74) is 5.51. The predicted molar refractivity (Wildman–Crippen MR) is 149 cm³/mol. The SMILES string of the molecule is CCC(CC)Nc1ncc2cc(-c3cc(C(=O)NC4CC4)ccc3C)c(OCc3ccccc3)cc2n1. The van der Waals surface area contributed by atoms with Crippen molar-refractivity contribution in [3.8, 4) is 16.9 Å². The summed E-state index contributed by atoms with van der Waals surface area (Å²) in [6.07, 6.45) is 5.98. The lowest BCUT2D eigenvalue weighted by molar-refractivity contribution is 0.0951. The molecule has 6 nitrogen and oxygen atoms in total. The van der Waals surface area contributed by atoms with E-state index in [2.05, 4.69) is 54.6 Å². The van der Waals surface area contributed by atoms with Crippen LogP contribution in [0.5, 0.6) is 5.75 Å². The highest BCUT2D eigenvalue weighted by Gasteiger charge is 2.24. The van der Waals surface area contributed by atoms with Crippen LogP contribution >= 0.6 is 0 Å². The van der Waals surface area contributed by atoms with E-state index in [0.717, 1.165) is 64.6 Å². The van der Waals surface area contributed by atoms with Crippen molar-refractivity contribution in [2.45, 2.75) is 65.1 Å². The zero-order chi connectivity index (χ0) is 25.8. The summed E-state index contributed by atoms with van der Waals surface area (Å²) in [5.74, 6) is 1.32. The largest absolute Gasteiger partial charge is 0.488 e. The standard InChI is InChI=1S/C31H34N4O2/c1-4-24(5-2)34-31-32-18-23-16-27(26-15-22(12-11-20(26)3)30(36)33-25-13-14-25)29(17-28(23)35-31)37-19-21-9-7-6-8-10-21/h6-12,15-18,24-25H,4-5,13-14,19H2,1-3H3,(H,33,36)(H,32,34,35). The highest BCUT2D eigenvalue weighted by molar-refractivity contribution is 5.97. The van der Waals surface area contributed by atoms with E-state index in [-0.39, 0.29) is 5.91 Å². The van der Waals surface area contributed by atoms with Gasteiger partial charge in [-0.25, -0.2) is 9.97 Å². The van der Waals surface area contributed by atoms with Gasteiger partial charge in [-0.2, -0.15) is 0 Å². The van der Waals surface area contributed by atoms with Crippen LogP contribution in [-0.2, 0) is 6.61 Å². The Hall–Kier alpha value is -3.93. The molecule has 190 valence electrons. The fourth-order valence-electron chi connectivity index (χ4n) is 4.42. The second-order valence-electron chi connectivity index (χ2n) is 9.81. The molecule has 1 aliphatic carbocycles. The van der Waals surface area contributed by atoms with Crippen LogP contribution in [-0.4, -0.2) is 28.0 Å². The first-order chi connectivity index (χ1) is 18.0. The number of benzene rings is 3. The molecule has 5 rings (SSSR count). The molecule has 0 bridgehead atoms. The van der Waals surface area contributed by atoms with E-state index in [0.29, 0.717) is 30.2 Å². The maximum atomic E-state index is 12.8. The van der Waals surface area contributed by atoms with Gasteiger partial charge in [0.1, 0.15) is 12.4 Å². The molecule has 1 aromatic heterocycles. The Morgan fingerprint density at radius 1 is 1.03 bits per heavy atom. The minimum atomic E-state index is -0.0308. The summed E-state index contributed by atoms with van der Waals surface area (Å²) < 4.78 is 6.40. The Morgan fingerprint density at radius 3 is 2.54 bits per heavy atom. The van der Waals surface area contributed by atoms with Crippen LogP contribution < -0.4 is 15.4 Å². The van der Waals surface area contributed by atoms with Crippen molar-refractivity contribution in [2.75, 3.05) is 5.32 Å². The molecule has 37 heavy (non-hydrogen) atoms. The number of carbonyl (C=O) groups is 1. The average molecular weight is 495 g/mol. The Labute approximate surface area is 218 Å². The van der Waals surface area contributed by atoms with Crippen LogP contribution in [0.15, 0.2) is 66.9 Å². The third-order valence-corrected chi connectivity index (χ3v) is 6.94. The van der Waals surface area contributed by atoms with Gasteiger partial charge < -0.3 is 15.4 Å². The van der Waals surface area contributed by atoms with Gasteiger partial charge in [-0.15, -0.1) is 0 Å². The lowest BCUT2D eigenvalue weighted by Crippen LogP contribution is -2.25. The third-order valence-electron chi connectivity index (χ3n) is 6.94. The Morgan fingerprint density at radius 2 is 1.81 bits per heavy atom. The quantitative estimate of drug-likeness (QED) is 0.257. The Bertz CT molecular complexity index is 1400. The molecule has 1 fully saturated rings. The van der Waals surface area contributed by atoms with Crippen molar-refractivity contribution in [3.63, 3.8) is 0 Å². The molecule has 1 saturated carbocycles. The van der Waals surface area contributed by atoms with E-state index >= 15 is 0 Å². The van der Waals surface area contributed by atoms with Gasteiger partial charge in [0.05, 0.1) is 5.52 Å². The molecular weight excluding hydrogens is 460 g/mol. The van der Waals surface area contributed by atoms with Gasteiger partial charge in [-0.1, -0.05) is 50.2 Å². The number of nitrogens with zero attached hydrogens (tertiary/aromatic N) is 2. The van der Waals surface area contributed by atoms with Crippen molar-refractivity contribution in [1.82, 2.24) is 15.3 Å². The number of hydrogen-bond donors (Lipinski definition) is 2. The lowest BCUT2D eigenvalue weighted by Gasteiger charge is -2.17. The summed E-state index contributed by atoms with van der Waals surface area (Å²) in [5, 5.41) is 7.45. The van der Waals surface area contributed by atoms with Crippen LogP contribution in [0, 0.1) is 6.92 Å². The number of carbonyl (C=O) groups excluding carboxylic acids is 1. The number of nitrogens with one attached hydrogen (secondary N) is 2. The van der Waals surface area contributed by atoms with Crippen molar-refractivity contribution < 1.29 is 9.53 Å². The van der Waals surface area contributed by atoms with Gasteiger partial charge in [-0.05, 0) is 67.5 Å². The molecule has 0 radical (unpaired) electrons. The van der Waals surface area contributed by atoms with E-state index < -0.39 is 0 Å². The number of ether oxygens (including phenoxy) is 1. The van der Waals surface area contributed by atoms with Crippen LogP contribution in [0.3, 0.4) is 0 Å². The summed E-state index contributed by atoms with van der Waals surface area (Å²) in [6.45, 7) is 6.81. The smallest absolute Gasteiger partial charge is 0.251 e. The first kappa shape index (κ1) is 24.8. The minimum absolute atomic E-state index is 0.0308. The number of fused-ring (bicyclic) bond motifs is 1. The molecule has 0 saturated heterocycles. The molecule has 3 aromatic carbocycles. The molecule has 0 atom stereocenters. The van der Waals surface area contributed by atoms with E-state index in [1.54, 1.807) is 0 Å². The monoisotopic (exact) mass is 494 g/mol. The second kappa shape index (κ2) is 11.0. The molecule has 0 aliphatic heterocycles. The number of anilines is 1. The van der Waals surface area contributed by atoms with Gasteiger partial charge in [0.15, 0.2) is 0 Å². The maximum absolute atomic E-state index is 12.8. The fourth-order valence-corrected chi connectivity index (χ4v) is 4.42. The fraction of sp³-hybridized carbons (Fsp3) is 0.323. The third kappa shape index (κ3) is 5.91. The van der Waals surface area contributed by atoms with Crippen LogP contribution in [0.4, 0.5) is 5.95 Å². The number of amides is 1. The van der Waals surface area contributed by atoms with Crippen molar-refractivity contribution in [1.29, 1.82) is 0 Å².